The Morgan fingerprint density at radius 3 is 2.17 bits per heavy atom. The summed E-state index contributed by atoms with van der Waals surface area (Å²) in [7, 11) is 0. The Morgan fingerprint density at radius 1 is 0.933 bits per heavy atom. The summed E-state index contributed by atoms with van der Waals surface area (Å²) in [6, 6.07) is 23.0. The molecule has 154 valence electrons. The van der Waals surface area contributed by atoms with Gasteiger partial charge < -0.3 is 15.8 Å². The zero-order chi connectivity index (χ0) is 20.9. The van der Waals surface area contributed by atoms with Crippen LogP contribution in [0.5, 0.6) is 0 Å². The molecule has 0 aromatic heterocycles. The average Bonchev–Trinajstić information content (AvgIpc) is 2.78. The van der Waals surface area contributed by atoms with Crippen molar-refractivity contribution in [3.05, 3.63) is 94.5 Å². The van der Waals surface area contributed by atoms with Crippen molar-refractivity contribution in [2.75, 3.05) is 37.4 Å². The predicted octanol–water partition coefficient (Wildman–Crippen LogP) is 4.60. The number of ether oxygens (including phenoxy) is 1. The number of carbonyl (C=O) groups is 1. The molecule has 1 heterocycles. The van der Waals surface area contributed by atoms with Crippen molar-refractivity contribution in [3.8, 4) is 0 Å². The van der Waals surface area contributed by atoms with E-state index >= 15 is 0 Å². The van der Waals surface area contributed by atoms with Crippen LogP contribution in [0.1, 0.15) is 27.5 Å². The number of nitrogens with one attached hydrogen (secondary N) is 1. The second-order valence-corrected chi connectivity index (χ2v) is 7.70. The van der Waals surface area contributed by atoms with E-state index in [-0.39, 0.29) is 11.9 Å². The average molecular weight is 422 g/mol. The SMILES string of the molecule is Nc1ccccc1NC(=O)c1ccc(C(c2ccc(Cl)cc2)N2CCOCC2)cc1. The molecule has 0 radical (unpaired) electrons. The molecule has 3 aromatic carbocycles. The minimum absolute atomic E-state index is 0.0769. The summed E-state index contributed by atoms with van der Waals surface area (Å²) >= 11 is 6.09. The van der Waals surface area contributed by atoms with Gasteiger partial charge in [-0.1, -0.05) is 48.0 Å². The van der Waals surface area contributed by atoms with E-state index in [0.29, 0.717) is 35.2 Å². The number of morpholine rings is 1. The maximum atomic E-state index is 12.6. The van der Waals surface area contributed by atoms with Gasteiger partial charge in [0.15, 0.2) is 0 Å². The molecule has 0 spiro atoms. The van der Waals surface area contributed by atoms with Gasteiger partial charge in [0.2, 0.25) is 0 Å². The highest BCUT2D eigenvalue weighted by Crippen LogP contribution is 2.30. The molecule has 6 heteroatoms. The maximum absolute atomic E-state index is 12.6. The molecule has 0 aliphatic carbocycles. The minimum atomic E-state index is -0.186. The van der Waals surface area contributed by atoms with Crippen LogP contribution in [-0.4, -0.2) is 37.1 Å². The number of nitrogen functional groups attached to an aromatic ring is 1. The standard InChI is InChI=1S/C24H24ClN3O2/c25-20-11-9-18(10-12-20)23(28-13-15-30-16-14-28)17-5-7-19(8-6-17)24(29)27-22-4-2-1-3-21(22)26/h1-12,23H,13-16,26H2,(H,27,29). The predicted molar refractivity (Wildman–Crippen MR) is 121 cm³/mol. The third-order valence-electron chi connectivity index (χ3n) is 5.29. The second kappa shape index (κ2) is 9.30. The Bertz CT molecular complexity index is 1000. The first kappa shape index (κ1) is 20.4. The summed E-state index contributed by atoms with van der Waals surface area (Å²) in [5.41, 5.74) is 9.94. The van der Waals surface area contributed by atoms with Crippen molar-refractivity contribution < 1.29 is 9.53 Å². The highest BCUT2D eigenvalue weighted by Gasteiger charge is 2.24. The quantitative estimate of drug-likeness (QED) is 0.591. The van der Waals surface area contributed by atoms with Gasteiger partial charge in [-0.3, -0.25) is 9.69 Å². The summed E-state index contributed by atoms with van der Waals surface area (Å²) < 4.78 is 5.53. The smallest absolute Gasteiger partial charge is 0.255 e. The van der Waals surface area contributed by atoms with Crippen LogP contribution in [0.4, 0.5) is 11.4 Å². The van der Waals surface area contributed by atoms with Crippen LogP contribution in [0.25, 0.3) is 0 Å². The largest absolute Gasteiger partial charge is 0.397 e. The fraction of sp³-hybridized carbons (Fsp3) is 0.208. The molecule has 0 bridgehead atoms. The van der Waals surface area contributed by atoms with E-state index in [4.69, 9.17) is 22.1 Å². The first-order valence-corrected chi connectivity index (χ1v) is 10.3. The molecule has 3 aromatic rings. The number of hydrogen-bond acceptors (Lipinski definition) is 4. The lowest BCUT2D eigenvalue weighted by Crippen LogP contribution is -2.39. The minimum Gasteiger partial charge on any atom is -0.397 e. The van der Waals surface area contributed by atoms with Crippen LogP contribution in [0, 0.1) is 0 Å². The van der Waals surface area contributed by atoms with Crippen LogP contribution >= 0.6 is 11.6 Å². The molecular weight excluding hydrogens is 398 g/mol. The number of carbonyl (C=O) groups excluding carboxylic acids is 1. The van der Waals surface area contributed by atoms with Crippen LogP contribution in [-0.2, 0) is 4.74 Å². The number of hydrogen-bond donors (Lipinski definition) is 2. The number of nitrogens with zero attached hydrogens (tertiary/aromatic N) is 1. The monoisotopic (exact) mass is 421 g/mol. The van der Waals surface area contributed by atoms with Gasteiger partial charge in [0.25, 0.3) is 5.91 Å². The van der Waals surface area contributed by atoms with Crippen LogP contribution in [0.15, 0.2) is 72.8 Å². The van der Waals surface area contributed by atoms with Gasteiger partial charge >= 0.3 is 0 Å². The van der Waals surface area contributed by atoms with E-state index in [1.54, 1.807) is 12.1 Å². The second-order valence-electron chi connectivity index (χ2n) is 7.27. The molecule has 5 nitrogen and oxygen atoms in total. The molecule has 1 aliphatic rings. The van der Waals surface area contributed by atoms with Crippen molar-refractivity contribution in [2.45, 2.75) is 6.04 Å². The highest BCUT2D eigenvalue weighted by atomic mass is 35.5. The molecule has 1 saturated heterocycles. The van der Waals surface area contributed by atoms with Crippen molar-refractivity contribution >= 4 is 28.9 Å². The summed E-state index contributed by atoms with van der Waals surface area (Å²) in [5.74, 6) is -0.186. The maximum Gasteiger partial charge on any atom is 0.255 e. The number of benzene rings is 3. The Balaban J connectivity index is 1.58. The lowest BCUT2D eigenvalue weighted by Gasteiger charge is -2.35. The van der Waals surface area contributed by atoms with E-state index in [1.165, 1.54) is 0 Å². The zero-order valence-corrected chi connectivity index (χ0v) is 17.3. The van der Waals surface area contributed by atoms with E-state index in [9.17, 15) is 4.79 Å². The first-order valence-electron chi connectivity index (χ1n) is 9.95. The highest BCUT2D eigenvalue weighted by molar-refractivity contribution is 6.30. The van der Waals surface area contributed by atoms with Gasteiger partial charge in [0, 0.05) is 23.7 Å². The molecule has 1 amide bonds. The van der Waals surface area contributed by atoms with Gasteiger partial charge in [0.1, 0.15) is 0 Å². The van der Waals surface area contributed by atoms with Crippen molar-refractivity contribution in [3.63, 3.8) is 0 Å². The van der Waals surface area contributed by atoms with Gasteiger partial charge in [-0.25, -0.2) is 0 Å². The first-order chi connectivity index (χ1) is 14.6. The van der Waals surface area contributed by atoms with Gasteiger partial charge in [-0.05, 0) is 47.5 Å². The lowest BCUT2D eigenvalue weighted by molar-refractivity contribution is 0.0239. The number of amides is 1. The van der Waals surface area contributed by atoms with E-state index < -0.39 is 0 Å². The molecule has 30 heavy (non-hydrogen) atoms. The van der Waals surface area contributed by atoms with Gasteiger partial charge in [-0.2, -0.15) is 0 Å². The van der Waals surface area contributed by atoms with E-state index in [0.717, 1.165) is 24.2 Å². The molecular formula is C24H24ClN3O2. The van der Waals surface area contributed by atoms with Crippen molar-refractivity contribution in [1.82, 2.24) is 4.90 Å². The van der Waals surface area contributed by atoms with E-state index in [2.05, 4.69) is 22.3 Å². The van der Waals surface area contributed by atoms with Crippen molar-refractivity contribution in [2.24, 2.45) is 0 Å². The molecule has 0 saturated carbocycles. The molecule has 3 N–H and O–H groups in total. The van der Waals surface area contributed by atoms with Gasteiger partial charge in [0.05, 0.1) is 30.6 Å². The zero-order valence-electron chi connectivity index (χ0n) is 16.6. The van der Waals surface area contributed by atoms with Crippen molar-refractivity contribution in [1.29, 1.82) is 0 Å². The molecule has 4 rings (SSSR count). The Morgan fingerprint density at radius 2 is 1.53 bits per heavy atom. The fourth-order valence-corrected chi connectivity index (χ4v) is 3.84. The molecule has 1 atom stereocenters. The summed E-state index contributed by atoms with van der Waals surface area (Å²) in [5, 5.41) is 3.59. The number of nitrogens with two attached hydrogens (primary N) is 1. The molecule has 1 fully saturated rings. The van der Waals surface area contributed by atoms with E-state index in [1.807, 2.05) is 48.5 Å². The number of rotatable bonds is 5. The van der Waals surface area contributed by atoms with Crippen LogP contribution in [0.3, 0.4) is 0 Å². The number of para-hydroxylation sites is 2. The summed E-state index contributed by atoms with van der Waals surface area (Å²) in [6.07, 6.45) is 0. The Labute approximate surface area is 181 Å². The topological polar surface area (TPSA) is 67.6 Å². The number of anilines is 2. The summed E-state index contributed by atoms with van der Waals surface area (Å²) in [4.78, 5) is 15.0. The molecule has 1 unspecified atom stereocenters. The third kappa shape index (κ3) is 4.65. The fourth-order valence-electron chi connectivity index (χ4n) is 3.72. The Kier molecular flexibility index (Phi) is 6.33. The van der Waals surface area contributed by atoms with Crippen LogP contribution < -0.4 is 11.1 Å². The number of halogens is 1. The summed E-state index contributed by atoms with van der Waals surface area (Å²) in [6.45, 7) is 3.12. The Hall–Kier alpha value is -2.86. The van der Waals surface area contributed by atoms with Gasteiger partial charge in [-0.15, -0.1) is 0 Å². The normalized spacial score (nSPS) is 15.5. The third-order valence-corrected chi connectivity index (χ3v) is 5.55. The lowest BCUT2D eigenvalue weighted by atomic mass is 9.95. The molecule has 1 aliphatic heterocycles. The van der Waals surface area contributed by atoms with Crippen LogP contribution in [0.2, 0.25) is 5.02 Å².